The number of carbonyl (C=O) groups excluding carboxylic acids is 2. The zero-order valence-electron chi connectivity index (χ0n) is 14.6. The number of Topliss-reactive ketones (excluding diaryl/α,β-unsaturated/α-hetero) is 1. The molecule has 0 saturated carbocycles. The zero-order valence-corrected chi connectivity index (χ0v) is 14.6. The zero-order chi connectivity index (χ0) is 18.8. The molecule has 27 heavy (non-hydrogen) atoms. The van der Waals surface area contributed by atoms with Gasteiger partial charge in [-0.1, -0.05) is 30.3 Å². The van der Waals surface area contributed by atoms with E-state index >= 15 is 0 Å². The first-order valence-corrected chi connectivity index (χ1v) is 8.43. The number of rotatable bonds is 4. The molecule has 0 aliphatic rings. The second kappa shape index (κ2) is 6.84. The average Bonchev–Trinajstić information content (AvgIpc) is 3.17. The number of aromatic nitrogens is 3. The Morgan fingerprint density at radius 2 is 1.78 bits per heavy atom. The minimum absolute atomic E-state index is 0.167. The van der Waals surface area contributed by atoms with E-state index in [0.717, 1.165) is 16.5 Å². The minimum atomic E-state index is -0.396. The Labute approximate surface area is 155 Å². The van der Waals surface area contributed by atoms with Crippen molar-refractivity contribution < 1.29 is 9.59 Å². The lowest BCUT2D eigenvalue weighted by atomic mass is 10.0. The summed E-state index contributed by atoms with van der Waals surface area (Å²) < 4.78 is 0. The highest BCUT2D eigenvalue weighted by molar-refractivity contribution is 6.11. The second-order valence-corrected chi connectivity index (χ2v) is 6.09. The third-order valence-electron chi connectivity index (χ3n) is 4.30. The first-order chi connectivity index (χ1) is 13.1. The number of fused-ring (bicyclic) bond motifs is 1. The summed E-state index contributed by atoms with van der Waals surface area (Å²) in [4.78, 5) is 36.3. The molecule has 0 unspecified atom stereocenters. The molecule has 4 rings (SSSR count). The van der Waals surface area contributed by atoms with Crippen LogP contribution < -0.4 is 5.32 Å². The number of H-pyrrole nitrogens is 1. The summed E-state index contributed by atoms with van der Waals surface area (Å²) in [5, 5.41) is 3.76. The summed E-state index contributed by atoms with van der Waals surface area (Å²) in [7, 11) is 0. The predicted octanol–water partition coefficient (Wildman–Crippen LogP) is 4.08. The number of carbonyl (C=O) groups is 2. The van der Waals surface area contributed by atoms with E-state index < -0.39 is 5.91 Å². The second-order valence-electron chi connectivity index (χ2n) is 6.09. The monoisotopic (exact) mass is 356 g/mol. The van der Waals surface area contributed by atoms with Crippen LogP contribution in [0.2, 0.25) is 0 Å². The van der Waals surface area contributed by atoms with Gasteiger partial charge in [0.15, 0.2) is 11.6 Å². The molecule has 4 aromatic rings. The normalized spacial score (nSPS) is 10.7. The first-order valence-electron chi connectivity index (χ1n) is 8.43. The molecule has 2 N–H and O–H groups in total. The number of amides is 1. The van der Waals surface area contributed by atoms with Crippen LogP contribution in [-0.2, 0) is 0 Å². The van der Waals surface area contributed by atoms with Crippen LogP contribution in [-0.4, -0.2) is 26.6 Å². The van der Waals surface area contributed by atoms with Crippen molar-refractivity contribution in [1.29, 1.82) is 0 Å². The van der Waals surface area contributed by atoms with Crippen molar-refractivity contribution in [2.75, 3.05) is 5.32 Å². The van der Waals surface area contributed by atoms with Crippen LogP contribution in [0.15, 0.2) is 67.1 Å². The number of nitrogens with zero attached hydrogens (tertiary/aromatic N) is 2. The number of aromatic amines is 1. The van der Waals surface area contributed by atoms with Crippen LogP contribution in [0.1, 0.15) is 27.6 Å². The number of anilines is 1. The highest BCUT2D eigenvalue weighted by Gasteiger charge is 2.15. The average molecular weight is 356 g/mol. The van der Waals surface area contributed by atoms with Gasteiger partial charge in [0.1, 0.15) is 0 Å². The number of benzene rings is 2. The van der Waals surface area contributed by atoms with Crippen LogP contribution in [0.4, 0.5) is 5.82 Å². The molecule has 6 nitrogen and oxygen atoms in total. The van der Waals surface area contributed by atoms with Gasteiger partial charge in [-0.2, -0.15) is 0 Å². The highest BCUT2D eigenvalue weighted by Crippen LogP contribution is 2.27. The first kappa shape index (κ1) is 16.7. The summed E-state index contributed by atoms with van der Waals surface area (Å²) in [6.45, 7) is 1.43. The molecule has 2 heterocycles. The molecular weight excluding hydrogens is 340 g/mol. The quantitative estimate of drug-likeness (QED) is 0.539. The molecular formula is C21H16N4O2. The molecule has 1 amide bonds. The lowest BCUT2D eigenvalue weighted by Gasteiger charge is -2.09. The Kier molecular flexibility index (Phi) is 4.22. The molecule has 0 saturated heterocycles. The lowest BCUT2D eigenvalue weighted by molar-refractivity contribution is 0.0985. The molecule has 0 radical (unpaired) electrons. The smallest absolute Gasteiger partial charge is 0.257 e. The predicted molar refractivity (Wildman–Crippen MR) is 104 cm³/mol. The van der Waals surface area contributed by atoms with Crippen LogP contribution >= 0.6 is 0 Å². The van der Waals surface area contributed by atoms with Gasteiger partial charge in [0.25, 0.3) is 5.91 Å². The standard InChI is InChI=1S/C21H16N4O2/c1-13(26)14-5-2-3-6-17(14)21(27)25-20-12-22-11-19(24-20)15-7-4-8-18-16(15)9-10-23-18/h2-12,23H,1H3,(H,24,25,27). The van der Waals surface area contributed by atoms with Gasteiger partial charge in [-0.15, -0.1) is 0 Å². The maximum Gasteiger partial charge on any atom is 0.257 e. The fraction of sp³-hybridized carbons (Fsp3) is 0.0476. The van der Waals surface area contributed by atoms with Crippen molar-refractivity contribution in [3.8, 4) is 11.3 Å². The van der Waals surface area contributed by atoms with Gasteiger partial charge in [0, 0.05) is 28.2 Å². The van der Waals surface area contributed by atoms with E-state index in [1.54, 1.807) is 30.5 Å². The fourth-order valence-electron chi connectivity index (χ4n) is 3.04. The summed E-state index contributed by atoms with van der Waals surface area (Å²) in [5.74, 6) is -0.241. The largest absolute Gasteiger partial charge is 0.361 e. The molecule has 0 aliphatic heterocycles. The number of ketones is 1. The molecule has 6 heteroatoms. The van der Waals surface area contributed by atoms with Crippen molar-refractivity contribution in [2.24, 2.45) is 0 Å². The SMILES string of the molecule is CC(=O)c1ccccc1C(=O)Nc1cncc(-c2cccc3[nH]ccc23)n1. The van der Waals surface area contributed by atoms with E-state index in [1.165, 1.54) is 13.1 Å². The van der Waals surface area contributed by atoms with E-state index in [1.807, 2.05) is 30.5 Å². The van der Waals surface area contributed by atoms with Crippen LogP contribution in [0.5, 0.6) is 0 Å². The van der Waals surface area contributed by atoms with Gasteiger partial charge in [-0.25, -0.2) is 4.98 Å². The topological polar surface area (TPSA) is 87.7 Å². The molecule has 2 aromatic heterocycles. The van der Waals surface area contributed by atoms with Gasteiger partial charge in [-0.3, -0.25) is 14.6 Å². The van der Waals surface area contributed by atoms with E-state index in [9.17, 15) is 9.59 Å². The van der Waals surface area contributed by atoms with E-state index in [2.05, 4.69) is 20.3 Å². The van der Waals surface area contributed by atoms with Crippen LogP contribution in [0.25, 0.3) is 22.2 Å². The number of hydrogen-bond acceptors (Lipinski definition) is 4. The summed E-state index contributed by atoms with van der Waals surface area (Å²) >= 11 is 0. The molecule has 0 bridgehead atoms. The Morgan fingerprint density at radius 3 is 2.59 bits per heavy atom. The van der Waals surface area contributed by atoms with Crippen molar-refractivity contribution in [2.45, 2.75) is 6.92 Å². The molecule has 0 aliphatic carbocycles. The summed E-state index contributed by atoms with van der Waals surface area (Å²) in [5.41, 5.74) is 3.25. The molecule has 0 spiro atoms. The third-order valence-corrected chi connectivity index (χ3v) is 4.30. The van der Waals surface area contributed by atoms with Crippen molar-refractivity contribution in [1.82, 2.24) is 15.0 Å². The van der Waals surface area contributed by atoms with Crippen LogP contribution in [0, 0.1) is 0 Å². The Hall–Kier alpha value is -3.80. The van der Waals surface area contributed by atoms with Gasteiger partial charge in [-0.05, 0) is 25.1 Å². The minimum Gasteiger partial charge on any atom is -0.361 e. The van der Waals surface area contributed by atoms with Gasteiger partial charge >= 0.3 is 0 Å². The molecule has 0 fully saturated rings. The summed E-state index contributed by atoms with van der Waals surface area (Å²) in [6, 6.07) is 14.5. The molecule has 0 atom stereocenters. The highest BCUT2D eigenvalue weighted by atomic mass is 16.2. The van der Waals surface area contributed by atoms with Crippen LogP contribution in [0.3, 0.4) is 0 Å². The van der Waals surface area contributed by atoms with Crippen molar-refractivity contribution in [3.63, 3.8) is 0 Å². The Morgan fingerprint density at radius 1 is 0.963 bits per heavy atom. The lowest BCUT2D eigenvalue weighted by Crippen LogP contribution is -2.16. The van der Waals surface area contributed by atoms with Crippen molar-refractivity contribution in [3.05, 3.63) is 78.2 Å². The third kappa shape index (κ3) is 3.20. The Balaban J connectivity index is 1.67. The van der Waals surface area contributed by atoms with Gasteiger partial charge in [0.2, 0.25) is 0 Å². The van der Waals surface area contributed by atoms with Gasteiger partial charge < -0.3 is 10.3 Å². The number of hydrogen-bond donors (Lipinski definition) is 2. The maximum atomic E-state index is 12.6. The van der Waals surface area contributed by atoms with E-state index in [0.29, 0.717) is 22.6 Å². The van der Waals surface area contributed by atoms with Gasteiger partial charge in [0.05, 0.1) is 23.7 Å². The Bertz CT molecular complexity index is 1160. The fourth-order valence-corrected chi connectivity index (χ4v) is 3.04. The van der Waals surface area contributed by atoms with Crippen molar-refractivity contribution >= 4 is 28.4 Å². The van der Waals surface area contributed by atoms with E-state index in [4.69, 9.17) is 0 Å². The number of nitrogens with one attached hydrogen (secondary N) is 2. The molecule has 2 aromatic carbocycles. The summed E-state index contributed by atoms with van der Waals surface area (Å²) in [6.07, 6.45) is 5.00. The maximum absolute atomic E-state index is 12.6. The molecule has 132 valence electrons. The van der Waals surface area contributed by atoms with E-state index in [-0.39, 0.29) is 5.78 Å².